The zero-order chi connectivity index (χ0) is 17.1. The molecule has 1 aromatic carbocycles. The van der Waals surface area contributed by atoms with Crippen LogP contribution in [0, 0.1) is 0 Å². The van der Waals surface area contributed by atoms with Crippen LogP contribution in [-0.4, -0.2) is 40.8 Å². The van der Waals surface area contributed by atoms with Crippen LogP contribution in [0.3, 0.4) is 0 Å². The van der Waals surface area contributed by atoms with Crippen LogP contribution >= 0.6 is 0 Å². The Labute approximate surface area is 140 Å². The average Bonchev–Trinajstić information content (AvgIpc) is 3.03. The number of hydrogen-bond donors (Lipinski definition) is 3. The van der Waals surface area contributed by atoms with Crippen LogP contribution in [0.1, 0.15) is 32.1 Å². The molecule has 1 heterocycles. The summed E-state index contributed by atoms with van der Waals surface area (Å²) in [6, 6.07) is 8.59. The monoisotopic (exact) mass is 330 g/mol. The maximum absolute atomic E-state index is 12.5. The fourth-order valence-electron chi connectivity index (χ4n) is 3.18. The van der Waals surface area contributed by atoms with Gasteiger partial charge in [0.25, 0.3) is 5.91 Å². The number of carbonyl (C=O) groups excluding carboxylic acids is 2. The van der Waals surface area contributed by atoms with Crippen LogP contribution in [-0.2, 0) is 9.59 Å². The Hall–Kier alpha value is -2.41. The van der Waals surface area contributed by atoms with E-state index in [4.69, 9.17) is 5.73 Å². The number of hydrazone groups is 1. The molecule has 1 unspecified atom stereocenters. The standard InChI is InChI=1S/C17H22N4O3/c18-16(23)15-10-14(20-21(15)12-4-2-1-3-5-12)17(24)19-11-6-8-13(22)9-7-11/h1-5,11,13,15,22H,6-10H2,(H2,18,23)(H,19,24). The summed E-state index contributed by atoms with van der Waals surface area (Å²) in [5.41, 5.74) is 6.51. The number of amides is 2. The average molecular weight is 330 g/mol. The molecular weight excluding hydrogens is 308 g/mol. The van der Waals surface area contributed by atoms with Gasteiger partial charge in [0.2, 0.25) is 5.91 Å². The van der Waals surface area contributed by atoms with E-state index >= 15 is 0 Å². The molecular formula is C17H22N4O3. The summed E-state index contributed by atoms with van der Waals surface area (Å²) in [6.45, 7) is 0. The molecule has 0 radical (unpaired) electrons. The van der Waals surface area contributed by atoms with E-state index in [1.165, 1.54) is 5.01 Å². The number of hydrogen-bond acceptors (Lipinski definition) is 5. The molecule has 7 nitrogen and oxygen atoms in total. The minimum Gasteiger partial charge on any atom is -0.393 e. The van der Waals surface area contributed by atoms with Crippen molar-refractivity contribution in [3.63, 3.8) is 0 Å². The van der Waals surface area contributed by atoms with Crippen molar-refractivity contribution in [1.82, 2.24) is 5.32 Å². The topological polar surface area (TPSA) is 108 Å². The van der Waals surface area contributed by atoms with Crippen molar-refractivity contribution < 1.29 is 14.7 Å². The van der Waals surface area contributed by atoms with Crippen molar-refractivity contribution in [3.8, 4) is 0 Å². The highest BCUT2D eigenvalue weighted by molar-refractivity contribution is 6.40. The maximum Gasteiger partial charge on any atom is 0.267 e. The SMILES string of the molecule is NC(=O)C1CC(C(=O)NC2CCC(O)CC2)=NN1c1ccccc1. The number of para-hydroxylation sites is 1. The highest BCUT2D eigenvalue weighted by Gasteiger charge is 2.35. The number of aliphatic hydroxyl groups is 1. The summed E-state index contributed by atoms with van der Waals surface area (Å²) in [4.78, 5) is 24.2. The molecule has 1 aliphatic carbocycles. The highest BCUT2D eigenvalue weighted by atomic mass is 16.3. The molecule has 1 atom stereocenters. The van der Waals surface area contributed by atoms with Crippen molar-refractivity contribution >= 4 is 23.2 Å². The second-order valence-corrected chi connectivity index (χ2v) is 6.33. The molecule has 1 aliphatic heterocycles. The second-order valence-electron chi connectivity index (χ2n) is 6.33. The molecule has 0 bridgehead atoms. The third-order valence-electron chi connectivity index (χ3n) is 4.55. The minimum atomic E-state index is -0.652. The lowest BCUT2D eigenvalue weighted by Gasteiger charge is -2.26. The number of nitrogens with zero attached hydrogens (tertiary/aromatic N) is 2. The molecule has 7 heteroatoms. The van der Waals surface area contributed by atoms with Crippen molar-refractivity contribution in [3.05, 3.63) is 30.3 Å². The third-order valence-corrected chi connectivity index (χ3v) is 4.55. The fourth-order valence-corrected chi connectivity index (χ4v) is 3.18. The van der Waals surface area contributed by atoms with Crippen molar-refractivity contribution in [1.29, 1.82) is 0 Å². The Bertz CT molecular complexity index is 638. The molecule has 1 fully saturated rings. The summed E-state index contributed by atoms with van der Waals surface area (Å²) in [7, 11) is 0. The molecule has 128 valence electrons. The molecule has 1 aromatic rings. The molecule has 4 N–H and O–H groups in total. The lowest BCUT2D eigenvalue weighted by atomic mass is 9.93. The fraction of sp³-hybridized carbons (Fsp3) is 0.471. The van der Waals surface area contributed by atoms with Gasteiger partial charge in [-0.2, -0.15) is 5.10 Å². The van der Waals surface area contributed by atoms with Gasteiger partial charge in [-0.1, -0.05) is 18.2 Å². The van der Waals surface area contributed by atoms with Gasteiger partial charge in [-0.25, -0.2) is 0 Å². The van der Waals surface area contributed by atoms with E-state index in [9.17, 15) is 14.7 Å². The van der Waals surface area contributed by atoms with Crippen LogP contribution in [0.4, 0.5) is 5.69 Å². The Morgan fingerprint density at radius 2 is 1.83 bits per heavy atom. The van der Waals surface area contributed by atoms with E-state index in [1.54, 1.807) is 0 Å². The van der Waals surface area contributed by atoms with Gasteiger partial charge in [-0.15, -0.1) is 0 Å². The number of anilines is 1. The van der Waals surface area contributed by atoms with E-state index < -0.39 is 11.9 Å². The molecule has 1 saturated carbocycles. The zero-order valence-electron chi connectivity index (χ0n) is 13.4. The molecule has 2 aliphatic rings. The van der Waals surface area contributed by atoms with Gasteiger partial charge in [0.1, 0.15) is 11.8 Å². The quantitative estimate of drug-likeness (QED) is 0.748. The Morgan fingerprint density at radius 3 is 2.46 bits per heavy atom. The Balaban J connectivity index is 1.71. The van der Waals surface area contributed by atoms with Crippen LogP contribution < -0.4 is 16.1 Å². The van der Waals surface area contributed by atoms with Gasteiger partial charge < -0.3 is 16.2 Å². The molecule has 0 aromatic heterocycles. The van der Waals surface area contributed by atoms with Crippen molar-refractivity contribution in [2.45, 2.75) is 50.3 Å². The first kappa shape index (κ1) is 16.4. The predicted octanol–water partition coefficient (Wildman–Crippen LogP) is 0.526. The van der Waals surface area contributed by atoms with E-state index in [1.807, 2.05) is 30.3 Å². The van der Waals surface area contributed by atoms with E-state index in [2.05, 4.69) is 10.4 Å². The number of nitrogens with one attached hydrogen (secondary N) is 1. The highest BCUT2D eigenvalue weighted by Crippen LogP contribution is 2.25. The summed E-state index contributed by atoms with van der Waals surface area (Å²) < 4.78 is 0. The Kier molecular flexibility index (Phi) is 4.80. The van der Waals surface area contributed by atoms with E-state index in [-0.39, 0.29) is 24.5 Å². The van der Waals surface area contributed by atoms with Crippen molar-refractivity contribution in [2.24, 2.45) is 10.8 Å². The van der Waals surface area contributed by atoms with Gasteiger partial charge in [0, 0.05) is 12.5 Å². The minimum absolute atomic E-state index is 0.0430. The van der Waals surface area contributed by atoms with E-state index in [0.717, 1.165) is 18.5 Å². The number of carbonyl (C=O) groups is 2. The first-order valence-corrected chi connectivity index (χ1v) is 8.24. The summed E-state index contributed by atoms with van der Waals surface area (Å²) in [5.74, 6) is -0.771. The molecule has 0 saturated heterocycles. The lowest BCUT2D eigenvalue weighted by molar-refractivity contribution is -0.119. The van der Waals surface area contributed by atoms with Crippen LogP contribution in [0.15, 0.2) is 35.4 Å². The first-order valence-electron chi connectivity index (χ1n) is 8.24. The summed E-state index contributed by atoms with van der Waals surface area (Å²) >= 11 is 0. The van der Waals surface area contributed by atoms with Crippen LogP contribution in [0.25, 0.3) is 0 Å². The Morgan fingerprint density at radius 1 is 1.17 bits per heavy atom. The van der Waals surface area contributed by atoms with Gasteiger partial charge in [-0.3, -0.25) is 14.6 Å². The molecule has 0 spiro atoms. The number of nitrogens with two attached hydrogens (primary N) is 1. The number of primary amides is 1. The smallest absolute Gasteiger partial charge is 0.267 e. The molecule has 24 heavy (non-hydrogen) atoms. The molecule has 2 amide bonds. The van der Waals surface area contributed by atoms with E-state index in [0.29, 0.717) is 18.6 Å². The van der Waals surface area contributed by atoms with Crippen LogP contribution in [0.5, 0.6) is 0 Å². The van der Waals surface area contributed by atoms with Gasteiger partial charge in [0.05, 0.1) is 11.8 Å². The number of aliphatic hydroxyl groups excluding tert-OH is 1. The van der Waals surface area contributed by atoms with Gasteiger partial charge in [0.15, 0.2) is 0 Å². The summed E-state index contributed by atoms with van der Waals surface area (Å²) in [6.07, 6.45) is 2.82. The zero-order valence-corrected chi connectivity index (χ0v) is 13.4. The van der Waals surface area contributed by atoms with Gasteiger partial charge in [-0.05, 0) is 37.8 Å². The largest absolute Gasteiger partial charge is 0.393 e. The number of benzene rings is 1. The van der Waals surface area contributed by atoms with Crippen molar-refractivity contribution in [2.75, 3.05) is 5.01 Å². The van der Waals surface area contributed by atoms with Crippen LogP contribution in [0.2, 0.25) is 0 Å². The van der Waals surface area contributed by atoms with Gasteiger partial charge >= 0.3 is 0 Å². The summed E-state index contributed by atoms with van der Waals surface area (Å²) in [5, 5.41) is 18.3. The second kappa shape index (κ2) is 7.00. The number of rotatable bonds is 4. The molecule has 3 rings (SSSR count). The first-order chi connectivity index (χ1) is 11.5. The third kappa shape index (κ3) is 3.56. The predicted molar refractivity (Wildman–Crippen MR) is 90.4 cm³/mol. The normalized spacial score (nSPS) is 26.8. The maximum atomic E-state index is 12.5. The lowest BCUT2D eigenvalue weighted by Crippen LogP contribution is -2.42.